The van der Waals surface area contributed by atoms with Crippen LogP contribution in [0.2, 0.25) is 0 Å². The molecule has 0 fully saturated rings. The standard InChI is InChI=1S/C21H29N5O4/c1-3-5-8-13-30-19-14-16(20(28)22-4-2)9-10-18(19)26-15-17(24-25-26)21(29)23-11-6-7-12-27/h3,9-10,14-15,27H,1,4-8,11-13H2,2H3,(H,22,28)(H,23,29). The molecule has 0 aliphatic rings. The van der Waals surface area contributed by atoms with E-state index in [4.69, 9.17) is 9.84 Å². The molecule has 9 nitrogen and oxygen atoms in total. The van der Waals surface area contributed by atoms with Crippen LogP contribution >= 0.6 is 0 Å². The fourth-order valence-electron chi connectivity index (χ4n) is 2.65. The van der Waals surface area contributed by atoms with Gasteiger partial charge in [-0.2, -0.15) is 0 Å². The molecule has 0 unspecified atom stereocenters. The molecule has 0 radical (unpaired) electrons. The Bertz CT molecular complexity index is 850. The first kappa shape index (κ1) is 23.1. The molecule has 2 amide bonds. The van der Waals surface area contributed by atoms with Crippen molar-refractivity contribution in [3.8, 4) is 11.4 Å². The number of carbonyl (C=O) groups is 2. The number of ether oxygens (including phenoxy) is 1. The van der Waals surface area contributed by atoms with Crippen LogP contribution in [0.5, 0.6) is 5.75 Å². The monoisotopic (exact) mass is 415 g/mol. The highest BCUT2D eigenvalue weighted by Crippen LogP contribution is 2.24. The van der Waals surface area contributed by atoms with Crippen LogP contribution in [0.25, 0.3) is 5.69 Å². The maximum Gasteiger partial charge on any atom is 0.273 e. The summed E-state index contributed by atoms with van der Waals surface area (Å²) in [6, 6.07) is 5.04. The van der Waals surface area contributed by atoms with Crippen LogP contribution in [0, 0.1) is 0 Å². The van der Waals surface area contributed by atoms with Gasteiger partial charge in [-0.3, -0.25) is 9.59 Å². The van der Waals surface area contributed by atoms with Crippen molar-refractivity contribution in [3.63, 3.8) is 0 Å². The second-order valence-corrected chi connectivity index (χ2v) is 6.56. The first-order chi connectivity index (χ1) is 14.6. The molecule has 3 N–H and O–H groups in total. The Balaban J connectivity index is 2.19. The van der Waals surface area contributed by atoms with E-state index in [1.807, 2.05) is 13.0 Å². The minimum atomic E-state index is -0.341. The smallest absolute Gasteiger partial charge is 0.273 e. The number of nitrogens with one attached hydrogen (secondary N) is 2. The van der Waals surface area contributed by atoms with Crippen LogP contribution in [0.15, 0.2) is 37.1 Å². The van der Waals surface area contributed by atoms with Crippen LogP contribution in [0.4, 0.5) is 0 Å². The van der Waals surface area contributed by atoms with Crippen molar-refractivity contribution in [1.29, 1.82) is 0 Å². The number of amides is 2. The molecule has 0 aliphatic carbocycles. The molecule has 1 heterocycles. The molecule has 162 valence electrons. The van der Waals surface area contributed by atoms with Crippen molar-refractivity contribution in [2.24, 2.45) is 0 Å². The van der Waals surface area contributed by atoms with E-state index in [-0.39, 0.29) is 24.1 Å². The van der Waals surface area contributed by atoms with Crippen LogP contribution in [-0.2, 0) is 0 Å². The van der Waals surface area contributed by atoms with E-state index in [0.29, 0.717) is 49.5 Å². The lowest BCUT2D eigenvalue weighted by Gasteiger charge is -2.12. The van der Waals surface area contributed by atoms with E-state index >= 15 is 0 Å². The quantitative estimate of drug-likeness (QED) is 0.339. The average Bonchev–Trinajstić information content (AvgIpc) is 3.24. The molecule has 2 rings (SSSR count). The summed E-state index contributed by atoms with van der Waals surface area (Å²) >= 11 is 0. The van der Waals surface area contributed by atoms with Gasteiger partial charge in [0.15, 0.2) is 5.69 Å². The van der Waals surface area contributed by atoms with E-state index in [0.717, 1.165) is 12.8 Å². The first-order valence-electron chi connectivity index (χ1n) is 10.1. The van der Waals surface area contributed by atoms with Gasteiger partial charge < -0.3 is 20.5 Å². The Kier molecular flexibility index (Phi) is 9.53. The van der Waals surface area contributed by atoms with Crippen molar-refractivity contribution in [1.82, 2.24) is 25.6 Å². The lowest BCUT2D eigenvalue weighted by atomic mass is 10.1. The zero-order chi connectivity index (χ0) is 21.8. The van der Waals surface area contributed by atoms with Crippen molar-refractivity contribution in [3.05, 3.63) is 48.3 Å². The fourth-order valence-corrected chi connectivity index (χ4v) is 2.65. The van der Waals surface area contributed by atoms with E-state index in [1.54, 1.807) is 18.2 Å². The molecule has 0 saturated carbocycles. The minimum absolute atomic E-state index is 0.0912. The lowest BCUT2D eigenvalue weighted by Crippen LogP contribution is -2.24. The number of aliphatic hydroxyl groups is 1. The zero-order valence-electron chi connectivity index (χ0n) is 17.3. The Labute approximate surface area is 176 Å². The van der Waals surface area contributed by atoms with Crippen LogP contribution in [-0.4, -0.2) is 58.2 Å². The first-order valence-corrected chi connectivity index (χ1v) is 10.1. The maximum absolute atomic E-state index is 12.2. The van der Waals surface area contributed by atoms with Gasteiger partial charge in [0.25, 0.3) is 11.8 Å². The van der Waals surface area contributed by atoms with E-state index in [9.17, 15) is 9.59 Å². The predicted molar refractivity (Wildman–Crippen MR) is 113 cm³/mol. The molecule has 0 aliphatic heterocycles. The summed E-state index contributed by atoms with van der Waals surface area (Å²) in [5.41, 5.74) is 1.22. The largest absolute Gasteiger partial charge is 0.491 e. The highest BCUT2D eigenvalue weighted by Gasteiger charge is 2.16. The van der Waals surface area contributed by atoms with Crippen molar-refractivity contribution in [2.45, 2.75) is 32.6 Å². The second-order valence-electron chi connectivity index (χ2n) is 6.56. The third-order valence-corrected chi connectivity index (χ3v) is 4.21. The average molecular weight is 415 g/mol. The van der Waals surface area contributed by atoms with Gasteiger partial charge in [0.1, 0.15) is 11.4 Å². The van der Waals surface area contributed by atoms with Gasteiger partial charge in [0.05, 0.1) is 12.8 Å². The van der Waals surface area contributed by atoms with Gasteiger partial charge in [-0.15, -0.1) is 11.7 Å². The van der Waals surface area contributed by atoms with Crippen molar-refractivity contribution >= 4 is 11.8 Å². The number of rotatable bonds is 13. The van der Waals surface area contributed by atoms with E-state index in [1.165, 1.54) is 10.9 Å². The normalized spacial score (nSPS) is 10.5. The molecule has 0 bridgehead atoms. The molecule has 9 heteroatoms. The van der Waals surface area contributed by atoms with Gasteiger partial charge in [-0.25, -0.2) is 4.68 Å². The third-order valence-electron chi connectivity index (χ3n) is 4.21. The molecule has 0 spiro atoms. The van der Waals surface area contributed by atoms with Crippen LogP contribution in [0.3, 0.4) is 0 Å². The Hall–Kier alpha value is -3.20. The molecule has 30 heavy (non-hydrogen) atoms. The summed E-state index contributed by atoms with van der Waals surface area (Å²) in [4.78, 5) is 24.4. The maximum atomic E-state index is 12.2. The molecular weight excluding hydrogens is 386 g/mol. The van der Waals surface area contributed by atoms with Gasteiger partial charge in [-0.05, 0) is 50.8 Å². The zero-order valence-corrected chi connectivity index (χ0v) is 17.3. The molecule has 1 aromatic carbocycles. The third kappa shape index (κ3) is 6.70. The summed E-state index contributed by atoms with van der Waals surface area (Å²) in [5, 5.41) is 22.3. The lowest BCUT2D eigenvalue weighted by molar-refractivity contribution is 0.0942. The fraction of sp³-hybridized carbons (Fsp3) is 0.429. The SMILES string of the molecule is C=CCCCOc1cc(C(=O)NCC)ccc1-n1cc(C(=O)NCCCCO)nn1. The highest BCUT2D eigenvalue weighted by atomic mass is 16.5. The molecular formula is C21H29N5O4. The summed E-state index contributed by atoms with van der Waals surface area (Å²) < 4.78 is 7.33. The Morgan fingerprint density at radius 2 is 2.07 bits per heavy atom. The van der Waals surface area contributed by atoms with Gasteiger partial charge in [0, 0.05) is 25.3 Å². The van der Waals surface area contributed by atoms with Gasteiger partial charge >= 0.3 is 0 Å². The topological polar surface area (TPSA) is 118 Å². The molecule has 2 aromatic rings. The summed E-state index contributed by atoms with van der Waals surface area (Å²) in [6.07, 6.45) is 6.23. The number of unbranched alkanes of at least 4 members (excludes halogenated alkanes) is 2. The molecule has 1 aromatic heterocycles. The van der Waals surface area contributed by atoms with Gasteiger partial charge in [-0.1, -0.05) is 11.3 Å². The summed E-state index contributed by atoms with van der Waals surface area (Å²) in [6.45, 7) is 7.06. The Morgan fingerprint density at radius 3 is 2.80 bits per heavy atom. The number of aromatic nitrogens is 3. The number of hydrogen-bond donors (Lipinski definition) is 3. The second kappa shape index (κ2) is 12.4. The summed E-state index contributed by atoms with van der Waals surface area (Å²) in [5.74, 6) is -0.0595. The number of aliphatic hydroxyl groups excluding tert-OH is 1. The predicted octanol–water partition coefficient (Wildman–Crippen LogP) is 1.86. The molecule has 0 atom stereocenters. The minimum Gasteiger partial charge on any atom is -0.491 e. The number of hydrogen-bond acceptors (Lipinski definition) is 6. The number of carbonyl (C=O) groups excluding carboxylic acids is 2. The number of nitrogens with zero attached hydrogens (tertiary/aromatic N) is 3. The number of benzene rings is 1. The van der Waals surface area contributed by atoms with Crippen molar-refractivity contribution < 1.29 is 19.4 Å². The van der Waals surface area contributed by atoms with Crippen molar-refractivity contribution in [2.75, 3.05) is 26.3 Å². The summed E-state index contributed by atoms with van der Waals surface area (Å²) in [7, 11) is 0. The van der Waals surface area contributed by atoms with E-state index < -0.39 is 0 Å². The van der Waals surface area contributed by atoms with E-state index in [2.05, 4.69) is 27.5 Å². The van der Waals surface area contributed by atoms with Crippen LogP contribution < -0.4 is 15.4 Å². The Morgan fingerprint density at radius 1 is 1.23 bits per heavy atom. The van der Waals surface area contributed by atoms with Gasteiger partial charge in [0.2, 0.25) is 0 Å². The molecule has 0 saturated heterocycles. The number of allylic oxidation sites excluding steroid dienone is 1. The van der Waals surface area contributed by atoms with Crippen LogP contribution in [0.1, 0.15) is 53.5 Å². The highest BCUT2D eigenvalue weighted by molar-refractivity contribution is 5.95.